The molecule has 3 heteroatoms. The van der Waals surface area contributed by atoms with Crippen molar-refractivity contribution < 1.29 is 4.79 Å². The highest BCUT2D eigenvalue weighted by Gasteiger charge is 1.96. The summed E-state index contributed by atoms with van der Waals surface area (Å²) < 4.78 is 0. The van der Waals surface area contributed by atoms with Crippen LogP contribution in [-0.4, -0.2) is 11.1 Å². The van der Waals surface area contributed by atoms with E-state index in [2.05, 4.69) is 9.98 Å². The largest absolute Gasteiger partial charge is 0.261 e. The van der Waals surface area contributed by atoms with Gasteiger partial charge in [0.1, 0.15) is 0 Å². The van der Waals surface area contributed by atoms with Crippen LogP contribution in [0.1, 0.15) is 11.3 Å². The van der Waals surface area contributed by atoms with Crippen LogP contribution >= 0.6 is 0 Å². The Morgan fingerprint density at radius 3 is 2.53 bits per heavy atom. The van der Waals surface area contributed by atoms with E-state index in [1.165, 1.54) is 11.6 Å². The lowest BCUT2D eigenvalue weighted by Gasteiger charge is -2.01. The van der Waals surface area contributed by atoms with Gasteiger partial charge in [0.15, 0.2) is 0 Å². The van der Waals surface area contributed by atoms with E-state index in [-0.39, 0.29) is 0 Å². The molecule has 1 aromatic heterocycles. The van der Waals surface area contributed by atoms with Crippen molar-refractivity contribution in [1.82, 2.24) is 4.98 Å². The first-order valence-electron chi connectivity index (χ1n) is 5.45. The van der Waals surface area contributed by atoms with Crippen LogP contribution in [0.15, 0.2) is 53.7 Å². The average molecular weight is 224 g/mol. The summed E-state index contributed by atoms with van der Waals surface area (Å²) in [5, 5.41) is 0. The van der Waals surface area contributed by atoms with Crippen LogP contribution in [0.5, 0.6) is 0 Å². The van der Waals surface area contributed by atoms with E-state index >= 15 is 0 Å². The van der Waals surface area contributed by atoms with Crippen LogP contribution in [0.25, 0.3) is 0 Å². The second-order valence-electron chi connectivity index (χ2n) is 3.69. The van der Waals surface area contributed by atoms with Gasteiger partial charge in [-0.2, -0.15) is 4.99 Å². The van der Waals surface area contributed by atoms with Gasteiger partial charge in [0.2, 0.25) is 6.08 Å². The van der Waals surface area contributed by atoms with Crippen molar-refractivity contribution in [1.29, 1.82) is 0 Å². The lowest BCUT2D eigenvalue weighted by atomic mass is 10.1. The molecule has 0 aliphatic rings. The van der Waals surface area contributed by atoms with Gasteiger partial charge in [-0.25, -0.2) is 4.79 Å². The number of hydrogen-bond acceptors (Lipinski definition) is 3. The molecule has 0 saturated heterocycles. The second kappa shape index (κ2) is 5.73. The summed E-state index contributed by atoms with van der Waals surface area (Å²) in [4.78, 5) is 17.9. The predicted molar refractivity (Wildman–Crippen MR) is 65.9 cm³/mol. The molecule has 0 atom stereocenters. The van der Waals surface area contributed by atoms with Crippen molar-refractivity contribution in [3.8, 4) is 0 Å². The molecule has 0 spiro atoms. The zero-order valence-corrected chi connectivity index (χ0v) is 9.34. The fraction of sp³-hybridized carbons (Fsp3) is 0.143. The van der Waals surface area contributed by atoms with Crippen molar-refractivity contribution in [2.24, 2.45) is 4.99 Å². The maximum absolute atomic E-state index is 10.1. The van der Waals surface area contributed by atoms with Crippen molar-refractivity contribution >= 4 is 11.8 Å². The normalized spacial score (nSPS) is 9.65. The predicted octanol–water partition coefficient (Wildman–Crippen LogP) is 2.83. The maximum atomic E-state index is 10.1. The molecule has 2 rings (SSSR count). The summed E-state index contributed by atoms with van der Waals surface area (Å²) in [6.45, 7) is 0. The second-order valence-corrected chi connectivity index (χ2v) is 3.69. The van der Waals surface area contributed by atoms with Gasteiger partial charge in [-0.05, 0) is 42.7 Å². The monoisotopic (exact) mass is 224 g/mol. The Morgan fingerprint density at radius 2 is 1.88 bits per heavy atom. The Hall–Kier alpha value is -2.25. The Balaban J connectivity index is 1.98. The zero-order chi connectivity index (χ0) is 11.9. The zero-order valence-electron chi connectivity index (χ0n) is 9.34. The van der Waals surface area contributed by atoms with Crippen molar-refractivity contribution in [2.45, 2.75) is 12.8 Å². The molecule has 0 bridgehead atoms. The lowest BCUT2D eigenvalue weighted by Crippen LogP contribution is -1.93. The molecule has 0 amide bonds. The number of aryl methyl sites for hydroxylation is 2. The van der Waals surface area contributed by atoms with E-state index in [1.807, 2.05) is 42.5 Å². The first-order chi connectivity index (χ1) is 8.38. The van der Waals surface area contributed by atoms with Crippen LogP contribution in [0.3, 0.4) is 0 Å². The third-order valence-electron chi connectivity index (χ3n) is 2.51. The smallest absolute Gasteiger partial charge is 0.240 e. The highest BCUT2D eigenvalue weighted by Crippen LogP contribution is 2.13. The number of nitrogens with zero attached hydrogens (tertiary/aromatic N) is 2. The number of benzene rings is 1. The molecule has 1 aromatic carbocycles. The molecule has 0 aliphatic carbocycles. The molecule has 2 aromatic rings. The van der Waals surface area contributed by atoms with Crippen molar-refractivity contribution in [3.05, 3.63) is 59.9 Å². The van der Waals surface area contributed by atoms with Gasteiger partial charge in [-0.1, -0.05) is 18.2 Å². The molecule has 1 heterocycles. The van der Waals surface area contributed by atoms with Gasteiger partial charge in [0, 0.05) is 11.9 Å². The minimum absolute atomic E-state index is 0.640. The van der Waals surface area contributed by atoms with E-state index in [9.17, 15) is 4.79 Å². The fourth-order valence-corrected chi connectivity index (χ4v) is 1.61. The Kier molecular flexibility index (Phi) is 3.79. The number of hydrogen-bond donors (Lipinski definition) is 0. The van der Waals surface area contributed by atoms with Crippen LogP contribution in [0.2, 0.25) is 0 Å². The molecule has 0 radical (unpaired) electrons. The van der Waals surface area contributed by atoms with E-state index < -0.39 is 0 Å². The standard InChI is InChI=1S/C14H12N2O/c17-11-16-14-8-5-12(6-9-14)4-7-13-3-1-2-10-15-13/h1-3,5-6,8-10H,4,7H2. The van der Waals surface area contributed by atoms with E-state index in [0.717, 1.165) is 18.5 Å². The molecule has 17 heavy (non-hydrogen) atoms. The summed E-state index contributed by atoms with van der Waals surface area (Å²) in [5.41, 5.74) is 2.93. The summed E-state index contributed by atoms with van der Waals surface area (Å²) in [7, 11) is 0. The minimum Gasteiger partial charge on any atom is -0.261 e. The van der Waals surface area contributed by atoms with E-state index in [1.54, 1.807) is 6.20 Å². The van der Waals surface area contributed by atoms with Gasteiger partial charge in [0.25, 0.3) is 0 Å². The lowest BCUT2D eigenvalue weighted by molar-refractivity contribution is 0.565. The highest BCUT2D eigenvalue weighted by atomic mass is 16.1. The third kappa shape index (κ3) is 3.37. The van der Waals surface area contributed by atoms with Crippen LogP contribution < -0.4 is 0 Å². The van der Waals surface area contributed by atoms with Crippen LogP contribution in [-0.2, 0) is 17.6 Å². The number of pyridine rings is 1. The van der Waals surface area contributed by atoms with Gasteiger partial charge >= 0.3 is 0 Å². The molecular weight excluding hydrogens is 212 g/mol. The van der Waals surface area contributed by atoms with Crippen LogP contribution in [0.4, 0.5) is 5.69 Å². The minimum atomic E-state index is 0.640. The average Bonchev–Trinajstić information content (AvgIpc) is 2.40. The number of isocyanates is 1. The van der Waals surface area contributed by atoms with Crippen molar-refractivity contribution in [3.63, 3.8) is 0 Å². The summed E-state index contributed by atoms with van der Waals surface area (Å²) >= 11 is 0. The Labute approximate surface area is 99.9 Å². The van der Waals surface area contributed by atoms with Gasteiger partial charge < -0.3 is 0 Å². The Bertz CT molecular complexity index is 514. The molecule has 0 fully saturated rings. The molecular formula is C14H12N2O. The maximum Gasteiger partial charge on any atom is 0.240 e. The van der Waals surface area contributed by atoms with E-state index in [4.69, 9.17) is 0 Å². The quantitative estimate of drug-likeness (QED) is 0.592. The molecule has 84 valence electrons. The summed E-state index contributed by atoms with van der Waals surface area (Å²) in [6, 6.07) is 13.5. The molecule has 0 unspecified atom stereocenters. The van der Waals surface area contributed by atoms with Gasteiger partial charge in [-0.3, -0.25) is 4.98 Å². The number of aliphatic imine (C=N–C) groups is 1. The molecule has 3 nitrogen and oxygen atoms in total. The van der Waals surface area contributed by atoms with Gasteiger partial charge in [-0.15, -0.1) is 0 Å². The topological polar surface area (TPSA) is 42.3 Å². The number of aromatic nitrogens is 1. The molecule has 0 aliphatic heterocycles. The van der Waals surface area contributed by atoms with Crippen LogP contribution in [0, 0.1) is 0 Å². The van der Waals surface area contributed by atoms with E-state index in [0.29, 0.717) is 5.69 Å². The number of carbonyl (C=O) groups excluding carboxylic acids is 1. The first kappa shape index (κ1) is 11.2. The highest BCUT2D eigenvalue weighted by molar-refractivity contribution is 5.49. The molecule has 0 N–H and O–H groups in total. The SMILES string of the molecule is O=C=Nc1ccc(CCc2ccccn2)cc1. The first-order valence-corrected chi connectivity index (χ1v) is 5.45. The van der Waals surface area contributed by atoms with Gasteiger partial charge in [0.05, 0.1) is 5.69 Å². The fourth-order valence-electron chi connectivity index (χ4n) is 1.61. The number of rotatable bonds is 4. The Morgan fingerprint density at radius 1 is 1.06 bits per heavy atom. The molecule has 0 saturated carbocycles. The summed E-state index contributed by atoms with van der Waals surface area (Å²) in [6.07, 6.45) is 5.18. The van der Waals surface area contributed by atoms with Crippen molar-refractivity contribution in [2.75, 3.05) is 0 Å². The summed E-state index contributed by atoms with van der Waals surface area (Å²) in [5.74, 6) is 0. The third-order valence-corrected chi connectivity index (χ3v) is 2.51.